The summed E-state index contributed by atoms with van der Waals surface area (Å²) in [6, 6.07) is 0.0477. The van der Waals surface area contributed by atoms with E-state index in [4.69, 9.17) is 10.5 Å². The van der Waals surface area contributed by atoms with E-state index >= 15 is 0 Å². The van der Waals surface area contributed by atoms with Crippen molar-refractivity contribution in [2.75, 3.05) is 13.1 Å². The van der Waals surface area contributed by atoms with Gasteiger partial charge in [0.15, 0.2) is 0 Å². The lowest BCUT2D eigenvalue weighted by Crippen LogP contribution is -2.59. The maximum atomic E-state index is 12.3. The average Bonchev–Trinajstić information content (AvgIpc) is 2.94. The van der Waals surface area contributed by atoms with Gasteiger partial charge in [0.25, 0.3) is 0 Å². The molecule has 2 fully saturated rings. The van der Waals surface area contributed by atoms with E-state index in [1.165, 1.54) is 12.8 Å². The molecule has 0 aromatic heterocycles. The molecule has 2 aliphatic rings. The van der Waals surface area contributed by atoms with E-state index in [2.05, 4.69) is 0 Å². The number of morpholine rings is 1. The summed E-state index contributed by atoms with van der Waals surface area (Å²) >= 11 is 0. The molecule has 0 spiro atoms. The fourth-order valence-corrected chi connectivity index (χ4v) is 2.99. The number of ether oxygens (including phenoxy) is 1. The summed E-state index contributed by atoms with van der Waals surface area (Å²) in [6.45, 7) is 9.47. The van der Waals surface area contributed by atoms with E-state index in [1.807, 2.05) is 32.6 Å². The molecule has 0 bridgehead atoms. The minimum absolute atomic E-state index is 0.0477. The second kappa shape index (κ2) is 4.49. The monoisotopic (exact) mass is 254 g/mol. The van der Waals surface area contributed by atoms with Gasteiger partial charge in [0, 0.05) is 25.6 Å². The first-order valence-electron chi connectivity index (χ1n) is 6.92. The van der Waals surface area contributed by atoms with E-state index < -0.39 is 0 Å². The van der Waals surface area contributed by atoms with Gasteiger partial charge < -0.3 is 15.4 Å². The molecular formula is C14H26N2O2. The Bertz CT molecular complexity index is 319. The standard InChI is InChI=1S/C14H26N2O2/c1-13(2)8-16(9-14(3,4)18-13)12(17)7-11(15)10-5-6-10/h10-11H,5-9,15H2,1-4H3. The third-order valence-corrected chi connectivity index (χ3v) is 3.69. The second-order valence-electron chi connectivity index (χ2n) is 7.08. The highest BCUT2D eigenvalue weighted by atomic mass is 16.5. The topological polar surface area (TPSA) is 55.6 Å². The zero-order chi connectivity index (χ0) is 13.6. The van der Waals surface area contributed by atoms with E-state index in [-0.39, 0.29) is 23.2 Å². The third kappa shape index (κ3) is 3.45. The van der Waals surface area contributed by atoms with Gasteiger partial charge in [-0.15, -0.1) is 0 Å². The minimum Gasteiger partial charge on any atom is -0.366 e. The van der Waals surface area contributed by atoms with Crippen molar-refractivity contribution in [2.45, 2.75) is 64.2 Å². The third-order valence-electron chi connectivity index (χ3n) is 3.69. The molecule has 4 nitrogen and oxygen atoms in total. The van der Waals surface area contributed by atoms with Gasteiger partial charge in [-0.05, 0) is 46.5 Å². The van der Waals surface area contributed by atoms with Gasteiger partial charge in [0.1, 0.15) is 0 Å². The molecule has 1 amide bonds. The Kier molecular flexibility index (Phi) is 3.45. The highest BCUT2D eigenvalue weighted by Gasteiger charge is 2.40. The average molecular weight is 254 g/mol. The van der Waals surface area contributed by atoms with E-state index in [9.17, 15) is 4.79 Å². The lowest BCUT2D eigenvalue weighted by Gasteiger charge is -2.47. The van der Waals surface area contributed by atoms with Gasteiger partial charge in [-0.2, -0.15) is 0 Å². The molecule has 1 heterocycles. The van der Waals surface area contributed by atoms with Crippen LogP contribution in [0.1, 0.15) is 47.0 Å². The van der Waals surface area contributed by atoms with Crippen molar-refractivity contribution in [3.8, 4) is 0 Å². The number of hydrogen-bond donors (Lipinski definition) is 1. The fraction of sp³-hybridized carbons (Fsp3) is 0.929. The van der Waals surface area contributed by atoms with E-state index in [0.29, 0.717) is 25.4 Å². The van der Waals surface area contributed by atoms with Crippen LogP contribution in [0.5, 0.6) is 0 Å². The fourth-order valence-electron chi connectivity index (χ4n) is 2.99. The summed E-state index contributed by atoms with van der Waals surface area (Å²) < 4.78 is 5.98. The van der Waals surface area contributed by atoms with Crippen LogP contribution < -0.4 is 5.73 Å². The van der Waals surface area contributed by atoms with E-state index in [1.54, 1.807) is 0 Å². The molecule has 2 N–H and O–H groups in total. The van der Waals surface area contributed by atoms with Gasteiger partial charge in [0.2, 0.25) is 5.91 Å². The van der Waals surface area contributed by atoms with Crippen molar-refractivity contribution < 1.29 is 9.53 Å². The Hall–Kier alpha value is -0.610. The molecule has 1 saturated heterocycles. The van der Waals surface area contributed by atoms with Crippen LogP contribution in [-0.4, -0.2) is 41.1 Å². The van der Waals surface area contributed by atoms with Gasteiger partial charge in [0.05, 0.1) is 11.2 Å². The molecule has 0 aromatic carbocycles. The van der Waals surface area contributed by atoms with Crippen LogP contribution in [0.2, 0.25) is 0 Å². The number of amides is 1. The van der Waals surface area contributed by atoms with Crippen LogP contribution in [0.25, 0.3) is 0 Å². The normalized spacial score (nSPS) is 27.9. The van der Waals surface area contributed by atoms with Crippen molar-refractivity contribution >= 4 is 5.91 Å². The SMILES string of the molecule is CC1(C)CN(C(=O)CC(N)C2CC2)CC(C)(C)O1. The lowest BCUT2D eigenvalue weighted by molar-refractivity contribution is -0.188. The number of nitrogens with zero attached hydrogens (tertiary/aromatic N) is 1. The lowest BCUT2D eigenvalue weighted by atomic mass is 9.98. The molecule has 1 unspecified atom stereocenters. The Balaban J connectivity index is 1.96. The summed E-state index contributed by atoms with van der Waals surface area (Å²) in [5.41, 5.74) is 5.49. The van der Waals surface area contributed by atoms with Crippen LogP contribution in [0.15, 0.2) is 0 Å². The second-order valence-corrected chi connectivity index (χ2v) is 7.08. The summed E-state index contributed by atoms with van der Waals surface area (Å²) in [4.78, 5) is 14.2. The first-order valence-corrected chi connectivity index (χ1v) is 6.92. The highest BCUT2D eigenvalue weighted by Crippen LogP contribution is 2.34. The van der Waals surface area contributed by atoms with Crippen LogP contribution in [-0.2, 0) is 9.53 Å². The number of nitrogens with two attached hydrogens (primary N) is 1. The zero-order valence-corrected chi connectivity index (χ0v) is 12.0. The first-order chi connectivity index (χ1) is 8.19. The molecule has 1 aliphatic heterocycles. The Labute approximate surface area is 110 Å². The Morgan fingerprint density at radius 2 is 1.78 bits per heavy atom. The molecule has 4 heteroatoms. The molecule has 0 aromatic rings. The summed E-state index contributed by atoms with van der Waals surface area (Å²) in [5, 5.41) is 0. The number of rotatable bonds is 3. The molecule has 1 aliphatic carbocycles. The molecule has 0 radical (unpaired) electrons. The molecule has 104 valence electrons. The van der Waals surface area contributed by atoms with Crippen LogP contribution in [0.4, 0.5) is 0 Å². The first kappa shape index (κ1) is 13.8. The van der Waals surface area contributed by atoms with Gasteiger partial charge in [-0.1, -0.05) is 0 Å². The molecule has 1 atom stereocenters. The van der Waals surface area contributed by atoms with Crippen LogP contribution in [0, 0.1) is 5.92 Å². The molecule has 2 rings (SSSR count). The molecule has 18 heavy (non-hydrogen) atoms. The largest absolute Gasteiger partial charge is 0.366 e. The maximum absolute atomic E-state index is 12.3. The summed E-state index contributed by atoms with van der Waals surface area (Å²) in [5.74, 6) is 0.759. The van der Waals surface area contributed by atoms with Crippen molar-refractivity contribution in [1.29, 1.82) is 0 Å². The smallest absolute Gasteiger partial charge is 0.224 e. The predicted octanol–water partition coefficient (Wildman–Crippen LogP) is 1.53. The predicted molar refractivity (Wildman–Crippen MR) is 71.1 cm³/mol. The van der Waals surface area contributed by atoms with Crippen LogP contribution >= 0.6 is 0 Å². The molecule has 1 saturated carbocycles. The quantitative estimate of drug-likeness (QED) is 0.831. The zero-order valence-electron chi connectivity index (χ0n) is 12.0. The van der Waals surface area contributed by atoms with Crippen molar-refractivity contribution in [1.82, 2.24) is 4.90 Å². The summed E-state index contributed by atoms with van der Waals surface area (Å²) in [7, 11) is 0. The highest BCUT2D eigenvalue weighted by molar-refractivity contribution is 5.77. The Morgan fingerprint density at radius 3 is 2.22 bits per heavy atom. The van der Waals surface area contributed by atoms with E-state index in [0.717, 1.165) is 0 Å². The van der Waals surface area contributed by atoms with Crippen molar-refractivity contribution in [2.24, 2.45) is 11.7 Å². The van der Waals surface area contributed by atoms with Crippen molar-refractivity contribution in [3.05, 3.63) is 0 Å². The van der Waals surface area contributed by atoms with Crippen LogP contribution in [0.3, 0.4) is 0 Å². The Morgan fingerprint density at radius 1 is 1.28 bits per heavy atom. The number of carbonyl (C=O) groups is 1. The van der Waals surface area contributed by atoms with Crippen molar-refractivity contribution in [3.63, 3.8) is 0 Å². The summed E-state index contributed by atoms with van der Waals surface area (Å²) in [6.07, 6.45) is 2.86. The number of carbonyl (C=O) groups excluding carboxylic acids is 1. The number of hydrogen-bond acceptors (Lipinski definition) is 3. The van der Waals surface area contributed by atoms with Gasteiger partial charge >= 0.3 is 0 Å². The van der Waals surface area contributed by atoms with Gasteiger partial charge in [-0.3, -0.25) is 4.79 Å². The van der Waals surface area contributed by atoms with Gasteiger partial charge in [-0.25, -0.2) is 0 Å². The minimum atomic E-state index is -0.277. The maximum Gasteiger partial charge on any atom is 0.224 e. The molecular weight excluding hydrogens is 228 g/mol.